The smallest absolute Gasteiger partial charge is 0.226 e. The number of para-hydroxylation sites is 1. The summed E-state index contributed by atoms with van der Waals surface area (Å²) in [7, 11) is 1.83. The first-order chi connectivity index (χ1) is 16.5. The van der Waals surface area contributed by atoms with Crippen molar-refractivity contribution in [1.82, 2.24) is 19.8 Å². The molecule has 1 aromatic heterocycles. The Kier molecular flexibility index (Phi) is 7.57. The number of nitrogens with one attached hydrogen (secondary N) is 1. The molecular weight excluding hydrogens is 435 g/mol. The van der Waals surface area contributed by atoms with Crippen molar-refractivity contribution in [2.45, 2.75) is 25.3 Å². The van der Waals surface area contributed by atoms with Crippen LogP contribution in [0.5, 0.6) is 5.75 Å². The summed E-state index contributed by atoms with van der Waals surface area (Å²) in [5.74, 6) is 0.418. The molecule has 34 heavy (non-hydrogen) atoms. The molecule has 1 aliphatic rings. The summed E-state index contributed by atoms with van der Waals surface area (Å²) in [6, 6.07) is 14.9. The van der Waals surface area contributed by atoms with Gasteiger partial charge in [0.15, 0.2) is 0 Å². The van der Waals surface area contributed by atoms with Crippen molar-refractivity contribution in [3.63, 3.8) is 0 Å². The number of halogens is 1. The molecule has 2 atom stereocenters. The Hall–Kier alpha value is -3.68. The van der Waals surface area contributed by atoms with Gasteiger partial charge >= 0.3 is 0 Å². The fraction of sp³-hybridized carbons (Fsp3) is 0.346. The van der Waals surface area contributed by atoms with Gasteiger partial charge in [0.05, 0.1) is 18.9 Å². The lowest BCUT2D eigenvalue weighted by atomic mass is 9.95. The van der Waals surface area contributed by atoms with Crippen LogP contribution in [0.25, 0.3) is 0 Å². The van der Waals surface area contributed by atoms with Crippen LogP contribution in [0.15, 0.2) is 67.0 Å². The van der Waals surface area contributed by atoms with Gasteiger partial charge in [-0.1, -0.05) is 30.3 Å². The number of aryl methyl sites for hydroxylation is 1. The van der Waals surface area contributed by atoms with Gasteiger partial charge in [-0.3, -0.25) is 9.59 Å². The van der Waals surface area contributed by atoms with Crippen LogP contribution in [-0.2, 0) is 16.6 Å². The van der Waals surface area contributed by atoms with Gasteiger partial charge < -0.3 is 19.5 Å². The third-order valence-corrected chi connectivity index (χ3v) is 6.06. The van der Waals surface area contributed by atoms with Gasteiger partial charge in [-0.05, 0) is 42.7 Å². The molecule has 1 saturated heterocycles. The maximum absolute atomic E-state index is 13.9. The Bertz CT molecular complexity index is 1120. The van der Waals surface area contributed by atoms with Crippen LogP contribution in [0.2, 0.25) is 0 Å². The van der Waals surface area contributed by atoms with Gasteiger partial charge in [0, 0.05) is 32.5 Å². The number of benzene rings is 2. The lowest BCUT2D eigenvalue weighted by Crippen LogP contribution is -2.46. The van der Waals surface area contributed by atoms with Crippen molar-refractivity contribution in [3.05, 3.63) is 84.2 Å². The highest BCUT2D eigenvalue weighted by atomic mass is 19.1. The molecule has 2 unspecified atom stereocenters. The second-order valence-electron chi connectivity index (χ2n) is 8.48. The van der Waals surface area contributed by atoms with Gasteiger partial charge in [-0.2, -0.15) is 0 Å². The molecule has 4 rings (SSSR count). The Morgan fingerprint density at radius 2 is 2.03 bits per heavy atom. The molecule has 1 aliphatic heterocycles. The molecule has 1 fully saturated rings. The fourth-order valence-electron chi connectivity index (χ4n) is 4.25. The van der Waals surface area contributed by atoms with Crippen LogP contribution in [-0.4, -0.2) is 46.0 Å². The van der Waals surface area contributed by atoms with E-state index in [2.05, 4.69) is 10.3 Å². The van der Waals surface area contributed by atoms with Crippen molar-refractivity contribution in [2.75, 3.05) is 19.7 Å². The van der Waals surface area contributed by atoms with E-state index in [0.29, 0.717) is 30.9 Å². The lowest BCUT2D eigenvalue weighted by molar-refractivity contribution is -0.136. The minimum atomic E-state index is -0.589. The molecule has 178 valence electrons. The molecule has 0 aliphatic carbocycles. The van der Waals surface area contributed by atoms with Crippen molar-refractivity contribution in [2.24, 2.45) is 13.0 Å². The zero-order chi connectivity index (χ0) is 23.9. The highest BCUT2D eigenvalue weighted by Crippen LogP contribution is 2.24. The van der Waals surface area contributed by atoms with Crippen LogP contribution >= 0.6 is 0 Å². The van der Waals surface area contributed by atoms with E-state index in [1.807, 2.05) is 37.4 Å². The monoisotopic (exact) mass is 464 g/mol. The number of imidazole rings is 1. The van der Waals surface area contributed by atoms with E-state index in [-0.39, 0.29) is 36.6 Å². The highest BCUT2D eigenvalue weighted by molar-refractivity contribution is 5.82. The average Bonchev–Trinajstić information content (AvgIpc) is 3.28. The van der Waals surface area contributed by atoms with Crippen LogP contribution in [0.3, 0.4) is 0 Å². The molecular formula is C26H29FN4O3. The van der Waals surface area contributed by atoms with Gasteiger partial charge in [0.25, 0.3) is 0 Å². The second-order valence-corrected chi connectivity index (χ2v) is 8.48. The number of aromatic nitrogens is 2. The van der Waals surface area contributed by atoms with E-state index in [0.717, 1.165) is 12.2 Å². The van der Waals surface area contributed by atoms with E-state index in [1.165, 1.54) is 12.1 Å². The van der Waals surface area contributed by atoms with E-state index in [4.69, 9.17) is 4.74 Å². The van der Waals surface area contributed by atoms with E-state index in [9.17, 15) is 14.0 Å². The van der Waals surface area contributed by atoms with E-state index >= 15 is 0 Å². The number of carbonyl (C=O) groups is 2. The second kappa shape index (κ2) is 11.0. The lowest BCUT2D eigenvalue weighted by Gasteiger charge is -2.33. The topological polar surface area (TPSA) is 76.5 Å². The molecule has 2 heterocycles. The zero-order valence-corrected chi connectivity index (χ0v) is 19.2. The fourth-order valence-corrected chi connectivity index (χ4v) is 4.25. The molecule has 0 spiro atoms. The molecule has 0 bridgehead atoms. The molecule has 3 aromatic rings. The summed E-state index contributed by atoms with van der Waals surface area (Å²) in [6.45, 7) is 1.27. The van der Waals surface area contributed by atoms with Gasteiger partial charge in [0.2, 0.25) is 11.8 Å². The number of ether oxygens (including phenoxy) is 1. The zero-order valence-electron chi connectivity index (χ0n) is 19.2. The third-order valence-electron chi connectivity index (χ3n) is 6.06. The largest absolute Gasteiger partial charge is 0.493 e. The number of likely N-dealkylation sites (tertiary alicyclic amines) is 1. The van der Waals surface area contributed by atoms with Crippen LogP contribution in [0.4, 0.5) is 4.39 Å². The Morgan fingerprint density at radius 1 is 1.21 bits per heavy atom. The normalized spacial score (nSPS) is 16.6. The minimum absolute atomic E-state index is 0.0285. The van der Waals surface area contributed by atoms with Crippen LogP contribution < -0.4 is 10.1 Å². The van der Waals surface area contributed by atoms with Crippen molar-refractivity contribution < 1.29 is 18.7 Å². The van der Waals surface area contributed by atoms with Gasteiger partial charge in [-0.15, -0.1) is 0 Å². The molecule has 2 amide bonds. The summed E-state index contributed by atoms with van der Waals surface area (Å²) < 4.78 is 21.4. The molecule has 8 heteroatoms. The average molecular weight is 465 g/mol. The Labute approximate surface area is 198 Å². The maximum atomic E-state index is 13.9. The molecule has 7 nitrogen and oxygen atoms in total. The molecule has 0 saturated carbocycles. The summed E-state index contributed by atoms with van der Waals surface area (Å²) >= 11 is 0. The SMILES string of the molecule is Cn1ccnc1C(NC(=O)C1CCCN(C(=O)CCOc2ccccc2)C1)c1cccc(F)c1. The maximum Gasteiger partial charge on any atom is 0.226 e. The predicted octanol–water partition coefficient (Wildman–Crippen LogP) is 3.47. The first-order valence-electron chi connectivity index (χ1n) is 11.5. The van der Waals surface area contributed by atoms with Crippen molar-refractivity contribution >= 4 is 11.8 Å². The van der Waals surface area contributed by atoms with Gasteiger partial charge in [0.1, 0.15) is 23.4 Å². The number of hydrogen-bond donors (Lipinski definition) is 1. The Morgan fingerprint density at radius 3 is 2.76 bits per heavy atom. The van der Waals surface area contributed by atoms with Crippen molar-refractivity contribution in [3.8, 4) is 5.75 Å². The number of amides is 2. The molecule has 1 N–H and O–H groups in total. The number of nitrogens with zero attached hydrogens (tertiary/aromatic N) is 3. The summed E-state index contributed by atoms with van der Waals surface area (Å²) in [5.41, 5.74) is 0.615. The highest BCUT2D eigenvalue weighted by Gasteiger charge is 2.31. The van der Waals surface area contributed by atoms with Crippen LogP contribution in [0, 0.1) is 11.7 Å². The predicted molar refractivity (Wildman–Crippen MR) is 125 cm³/mol. The van der Waals surface area contributed by atoms with Crippen LogP contribution in [0.1, 0.15) is 36.7 Å². The van der Waals surface area contributed by atoms with Gasteiger partial charge in [-0.25, -0.2) is 9.37 Å². The summed E-state index contributed by atoms with van der Waals surface area (Å²) in [6.07, 6.45) is 5.12. The summed E-state index contributed by atoms with van der Waals surface area (Å²) in [4.78, 5) is 32.1. The number of piperidine rings is 1. The Balaban J connectivity index is 1.38. The first kappa shape index (κ1) is 23.5. The number of rotatable bonds is 8. The van der Waals surface area contributed by atoms with E-state index < -0.39 is 6.04 Å². The minimum Gasteiger partial charge on any atom is -0.493 e. The quantitative estimate of drug-likeness (QED) is 0.554. The van der Waals surface area contributed by atoms with E-state index in [1.54, 1.807) is 34.0 Å². The summed E-state index contributed by atoms with van der Waals surface area (Å²) in [5, 5.41) is 3.05. The molecule has 2 aromatic carbocycles. The first-order valence-corrected chi connectivity index (χ1v) is 11.5. The molecule has 0 radical (unpaired) electrons. The standard InChI is InChI=1S/C26H29FN4O3/c1-30-15-13-28-25(30)24(19-7-5-9-21(27)17-19)29-26(33)20-8-6-14-31(18-20)23(32)12-16-34-22-10-3-2-4-11-22/h2-5,7,9-11,13,15,17,20,24H,6,8,12,14,16,18H2,1H3,(H,29,33). The third kappa shape index (κ3) is 5.81. The number of hydrogen-bond acceptors (Lipinski definition) is 4. The number of carbonyl (C=O) groups excluding carboxylic acids is 2. The van der Waals surface area contributed by atoms with Crippen molar-refractivity contribution in [1.29, 1.82) is 0 Å².